The van der Waals surface area contributed by atoms with Crippen molar-refractivity contribution in [1.29, 1.82) is 0 Å². The fourth-order valence-corrected chi connectivity index (χ4v) is 2.32. The highest BCUT2D eigenvalue weighted by Crippen LogP contribution is 2.12. The first-order chi connectivity index (χ1) is 12.6. The number of methoxy groups -OCH3 is 1. The number of nitrogens with one attached hydrogen (secondary N) is 2. The Labute approximate surface area is 154 Å². The predicted octanol–water partition coefficient (Wildman–Crippen LogP) is 2.82. The number of ether oxygens (including phenoxy) is 1. The molecule has 2 aromatic carbocycles. The first-order valence-electron chi connectivity index (χ1n) is 8.59. The molecule has 0 radical (unpaired) electrons. The van der Waals surface area contributed by atoms with E-state index in [1.54, 1.807) is 37.5 Å². The molecule has 2 N–H and O–H groups in total. The lowest BCUT2D eigenvalue weighted by molar-refractivity contribution is -0.116. The summed E-state index contributed by atoms with van der Waals surface area (Å²) in [4.78, 5) is 23.8. The Morgan fingerprint density at radius 2 is 1.77 bits per heavy atom. The van der Waals surface area contributed by atoms with Crippen molar-refractivity contribution in [2.75, 3.05) is 20.2 Å². The van der Waals surface area contributed by atoms with Gasteiger partial charge in [0.1, 0.15) is 5.75 Å². The smallest absolute Gasteiger partial charge is 0.251 e. The van der Waals surface area contributed by atoms with Crippen LogP contribution in [0.15, 0.2) is 54.6 Å². The number of carbonyl (C=O) groups is 2. The second kappa shape index (κ2) is 10.0. The highest BCUT2D eigenvalue weighted by Gasteiger charge is 2.05. The predicted molar refractivity (Wildman–Crippen MR) is 103 cm³/mol. The van der Waals surface area contributed by atoms with E-state index < -0.39 is 0 Å². The number of rotatable bonds is 8. The maximum absolute atomic E-state index is 12.0. The lowest BCUT2D eigenvalue weighted by Crippen LogP contribution is -2.33. The standard InChI is InChI=1S/C21H24N2O3/c1-3-16-7-9-17(10-8-16)11-12-20(24)22-13-14-23-21(25)18-5-4-6-19(15-18)26-2/h4-12,15H,3,13-14H2,1-2H3,(H,22,24)(H,23,25)/b12-11-. The third-order valence-electron chi connectivity index (χ3n) is 3.86. The van der Waals surface area contributed by atoms with Crippen LogP contribution >= 0.6 is 0 Å². The van der Waals surface area contributed by atoms with E-state index >= 15 is 0 Å². The van der Waals surface area contributed by atoms with Gasteiger partial charge in [-0.05, 0) is 41.8 Å². The molecule has 2 amide bonds. The van der Waals surface area contributed by atoms with Gasteiger partial charge < -0.3 is 15.4 Å². The summed E-state index contributed by atoms with van der Waals surface area (Å²) in [6.07, 6.45) is 4.25. The second-order valence-corrected chi connectivity index (χ2v) is 5.71. The summed E-state index contributed by atoms with van der Waals surface area (Å²) < 4.78 is 5.09. The molecule has 0 heterocycles. The molecule has 136 valence electrons. The van der Waals surface area contributed by atoms with Crippen LogP contribution in [0.5, 0.6) is 5.75 Å². The zero-order valence-corrected chi connectivity index (χ0v) is 15.1. The van der Waals surface area contributed by atoms with Crippen molar-refractivity contribution in [3.63, 3.8) is 0 Å². The Balaban J connectivity index is 1.72. The molecule has 0 unspecified atom stereocenters. The Morgan fingerprint density at radius 3 is 2.46 bits per heavy atom. The molecule has 0 fully saturated rings. The average molecular weight is 352 g/mol. The van der Waals surface area contributed by atoms with Crippen molar-refractivity contribution in [2.45, 2.75) is 13.3 Å². The van der Waals surface area contributed by atoms with Gasteiger partial charge in [-0.3, -0.25) is 9.59 Å². The topological polar surface area (TPSA) is 67.4 Å². The molecule has 0 aliphatic rings. The van der Waals surface area contributed by atoms with Gasteiger partial charge >= 0.3 is 0 Å². The summed E-state index contributed by atoms with van der Waals surface area (Å²) in [6, 6.07) is 15.0. The fraction of sp³-hybridized carbons (Fsp3) is 0.238. The van der Waals surface area contributed by atoms with Gasteiger partial charge in [-0.25, -0.2) is 0 Å². The van der Waals surface area contributed by atoms with Crippen molar-refractivity contribution < 1.29 is 14.3 Å². The zero-order chi connectivity index (χ0) is 18.8. The third kappa shape index (κ3) is 6.09. The molecule has 0 spiro atoms. The molecule has 0 aromatic heterocycles. The fourth-order valence-electron chi connectivity index (χ4n) is 2.32. The molecule has 0 atom stereocenters. The summed E-state index contributed by atoms with van der Waals surface area (Å²) in [6.45, 7) is 2.81. The maximum atomic E-state index is 12.0. The summed E-state index contributed by atoms with van der Waals surface area (Å²) in [5.41, 5.74) is 2.76. The zero-order valence-electron chi connectivity index (χ0n) is 15.1. The molecule has 0 aliphatic heterocycles. The highest BCUT2D eigenvalue weighted by molar-refractivity contribution is 5.94. The summed E-state index contributed by atoms with van der Waals surface area (Å²) in [7, 11) is 1.55. The van der Waals surface area contributed by atoms with E-state index in [4.69, 9.17) is 4.74 Å². The number of carbonyl (C=O) groups excluding carboxylic acids is 2. The monoisotopic (exact) mass is 352 g/mol. The second-order valence-electron chi connectivity index (χ2n) is 5.71. The highest BCUT2D eigenvalue weighted by atomic mass is 16.5. The SMILES string of the molecule is CCc1ccc(/C=C\C(=O)NCCNC(=O)c2cccc(OC)c2)cc1. The minimum absolute atomic E-state index is 0.194. The van der Waals surface area contributed by atoms with E-state index in [0.29, 0.717) is 24.4 Å². The number of amides is 2. The number of aryl methyl sites for hydroxylation is 1. The Morgan fingerprint density at radius 1 is 1.04 bits per heavy atom. The van der Waals surface area contributed by atoms with Crippen LogP contribution in [0.4, 0.5) is 0 Å². The molecule has 0 aliphatic carbocycles. The van der Waals surface area contributed by atoms with Crippen LogP contribution in [0.2, 0.25) is 0 Å². The van der Waals surface area contributed by atoms with Crippen molar-refractivity contribution >= 4 is 17.9 Å². The van der Waals surface area contributed by atoms with Gasteiger partial charge in [0.2, 0.25) is 5.91 Å². The van der Waals surface area contributed by atoms with E-state index in [1.807, 2.05) is 24.3 Å². The van der Waals surface area contributed by atoms with E-state index in [2.05, 4.69) is 17.6 Å². The van der Waals surface area contributed by atoms with Crippen molar-refractivity contribution in [3.05, 3.63) is 71.3 Å². The van der Waals surface area contributed by atoms with Gasteiger partial charge in [0.05, 0.1) is 7.11 Å². The molecule has 5 heteroatoms. The first-order valence-corrected chi connectivity index (χ1v) is 8.59. The third-order valence-corrected chi connectivity index (χ3v) is 3.86. The lowest BCUT2D eigenvalue weighted by atomic mass is 10.1. The lowest BCUT2D eigenvalue weighted by Gasteiger charge is -2.07. The van der Waals surface area contributed by atoms with Crippen molar-refractivity contribution in [3.8, 4) is 5.75 Å². The molecule has 26 heavy (non-hydrogen) atoms. The Kier molecular flexibility index (Phi) is 7.43. The summed E-state index contributed by atoms with van der Waals surface area (Å²) in [5, 5.41) is 5.50. The molecule has 0 bridgehead atoms. The quantitative estimate of drug-likeness (QED) is 0.567. The van der Waals surface area contributed by atoms with E-state index in [9.17, 15) is 9.59 Å². The number of benzene rings is 2. The molecular weight excluding hydrogens is 328 g/mol. The Hall–Kier alpha value is -3.08. The van der Waals surface area contributed by atoms with Crippen LogP contribution in [-0.4, -0.2) is 32.0 Å². The Bertz CT molecular complexity index is 767. The van der Waals surface area contributed by atoms with E-state index in [-0.39, 0.29) is 11.8 Å². The van der Waals surface area contributed by atoms with Gasteiger partial charge in [0, 0.05) is 24.7 Å². The average Bonchev–Trinajstić information content (AvgIpc) is 2.69. The molecule has 5 nitrogen and oxygen atoms in total. The molecule has 2 rings (SSSR count). The number of hydrogen-bond acceptors (Lipinski definition) is 3. The minimum Gasteiger partial charge on any atom is -0.497 e. The van der Waals surface area contributed by atoms with Gasteiger partial charge in [-0.15, -0.1) is 0 Å². The molecule has 2 aromatic rings. The van der Waals surface area contributed by atoms with Gasteiger partial charge in [-0.1, -0.05) is 37.3 Å². The molecular formula is C21H24N2O3. The van der Waals surface area contributed by atoms with Gasteiger partial charge in [0.25, 0.3) is 5.91 Å². The van der Waals surface area contributed by atoms with Crippen molar-refractivity contribution in [2.24, 2.45) is 0 Å². The number of hydrogen-bond donors (Lipinski definition) is 2. The first kappa shape index (κ1) is 19.2. The van der Waals surface area contributed by atoms with Crippen LogP contribution in [0, 0.1) is 0 Å². The van der Waals surface area contributed by atoms with Gasteiger partial charge in [0.15, 0.2) is 0 Å². The normalized spacial score (nSPS) is 10.5. The van der Waals surface area contributed by atoms with Crippen LogP contribution in [0.1, 0.15) is 28.4 Å². The van der Waals surface area contributed by atoms with Gasteiger partial charge in [-0.2, -0.15) is 0 Å². The van der Waals surface area contributed by atoms with Crippen molar-refractivity contribution in [1.82, 2.24) is 10.6 Å². The van der Waals surface area contributed by atoms with Crippen LogP contribution in [0.25, 0.3) is 6.08 Å². The van der Waals surface area contributed by atoms with Crippen LogP contribution in [-0.2, 0) is 11.2 Å². The summed E-state index contributed by atoms with van der Waals surface area (Å²) in [5.74, 6) is 0.230. The molecule has 0 saturated heterocycles. The van der Waals surface area contributed by atoms with E-state index in [1.165, 1.54) is 11.6 Å². The largest absolute Gasteiger partial charge is 0.497 e. The molecule has 0 saturated carbocycles. The summed E-state index contributed by atoms with van der Waals surface area (Å²) >= 11 is 0. The van der Waals surface area contributed by atoms with E-state index in [0.717, 1.165) is 12.0 Å². The maximum Gasteiger partial charge on any atom is 0.251 e. The van der Waals surface area contributed by atoms with Crippen LogP contribution in [0.3, 0.4) is 0 Å². The minimum atomic E-state index is -0.204. The van der Waals surface area contributed by atoms with Crippen LogP contribution < -0.4 is 15.4 Å².